The third kappa shape index (κ3) is 3.59. The van der Waals surface area contributed by atoms with Crippen LogP contribution in [0.25, 0.3) is 11.0 Å². The first-order valence-corrected chi connectivity index (χ1v) is 7.55. The van der Waals surface area contributed by atoms with Crippen LogP contribution in [0.5, 0.6) is 0 Å². The Bertz CT molecular complexity index is 620. The summed E-state index contributed by atoms with van der Waals surface area (Å²) in [5, 5.41) is 13.9. The van der Waals surface area contributed by atoms with Crippen molar-refractivity contribution in [3.05, 3.63) is 28.5 Å². The van der Waals surface area contributed by atoms with Gasteiger partial charge < -0.3 is 10.4 Å². The van der Waals surface area contributed by atoms with Crippen LogP contribution in [-0.2, 0) is 4.79 Å². The van der Waals surface area contributed by atoms with Crippen LogP contribution in [0.2, 0.25) is 5.15 Å². The number of aliphatic hydroxyl groups is 1. The number of rotatable bonds is 6. The van der Waals surface area contributed by atoms with Gasteiger partial charge in [0.1, 0.15) is 0 Å². The maximum absolute atomic E-state index is 11.7. The number of fused-ring (bicyclic) bond motifs is 1. The Morgan fingerprint density at radius 3 is 3.25 bits per heavy atom. The van der Waals surface area contributed by atoms with Crippen molar-refractivity contribution >= 4 is 39.9 Å². The van der Waals surface area contributed by atoms with E-state index in [4.69, 9.17) is 16.7 Å². The number of hydrogen-bond donors (Lipinski definition) is 2. The highest BCUT2D eigenvalue weighted by atomic mass is 35.5. The number of imidazole rings is 1. The lowest BCUT2D eigenvalue weighted by molar-refractivity contribution is -0.116. The standard InChI is InChI=1S/C13H16ClN3O2S/c1-9(4-6-18)8-15-11(19)3-2-10-12(14)16-13-17(10)5-7-20-13/h2-3,5,7,9,18H,4,6,8H2,1H3,(H,15,19). The zero-order chi connectivity index (χ0) is 14.5. The van der Waals surface area contributed by atoms with Crippen LogP contribution in [0.15, 0.2) is 17.7 Å². The summed E-state index contributed by atoms with van der Waals surface area (Å²) < 4.78 is 1.84. The van der Waals surface area contributed by atoms with Crippen molar-refractivity contribution < 1.29 is 9.90 Å². The first-order valence-electron chi connectivity index (χ1n) is 6.29. The summed E-state index contributed by atoms with van der Waals surface area (Å²) >= 11 is 7.51. The van der Waals surface area contributed by atoms with Crippen molar-refractivity contribution in [2.75, 3.05) is 13.2 Å². The van der Waals surface area contributed by atoms with Gasteiger partial charge in [0.2, 0.25) is 5.91 Å². The molecule has 0 fully saturated rings. The molecule has 2 heterocycles. The highest BCUT2D eigenvalue weighted by molar-refractivity contribution is 7.15. The van der Waals surface area contributed by atoms with E-state index < -0.39 is 0 Å². The Kier molecular flexibility index (Phi) is 5.17. The molecule has 2 N–H and O–H groups in total. The van der Waals surface area contributed by atoms with Crippen LogP contribution in [-0.4, -0.2) is 33.6 Å². The zero-order valence-corrected chi connectivity index (χ0v) is 12.6. The van der Waals surface area contributed by atoms with Gasteiger partial charge in [0, 0.05) is 30.8 Å². The SMILES string of the molecule is CC(CCO)CNC(=O)C=Cc1c(Cl)nc2sccn12. The smallest absolute Gasteiger partial charge is 0.244 e. The summed E-state index contributed by atoms with van der Waals surface area (Å²) in [7, 11) is 0. The average molecular weight is 314 g/mol. The molecule has 0 bridgehead atoms. The van der Waals surface area contributed by atoms with Crippen molar-refractivity contribution in [3.8, 4) is 0 Å². The van der Waals surface area contributed by atoms with Crippen LogP contribution in [0.1, 0.15) is 19.0 Å². The first-order chi connectivity index (χ1) is 9.61. The average Bonchev–Trinajstić information content (AvgIpc) is 2.95. The Hall–Kier alpha value is -1.37. The monoisotopic (exact) mass is 313 g/mol. The number of aromatic nitrogens is 2. The fraction of sp³-hybridized carbons (Fsp3) is 0.385. The van der Waals surface area contributed by atoms with E-state index in [0.717, 1.165) is 4.96 Å². The molecule has 108 valence electrons. The molecule has 0 aliphatic heterocycles. The van der Waals surface area contributed by atoms with Gasteiger partial charge in [-0.15, -0.1) is 11.3 Å². The molecule has 0 saturated heterocycles. The molecule has 1 atom stereocenters. The van der Waals surface area contributed by atoms with E-state index in [1.165, 1.54) is 17.4 Å². The number of halogens is 1. The molecular formula is C13H16ClN3O2S. The van der Waals surface area contributed by atoms with E-state index in [-0.39, 0.29) is 18.4 Å². The van der Waals surface area contributed by atoms with Gasteiger partial charge >= 0.3 is 0 Å². The third-order valence-corrected chi connectivity index (χ3v) is 3.93. The zero-order valence-electron chi connectivity index (χ0n) is 11.0. The lowest BCUT2D eigenvalue weighted by Gasteiger charge is -2.09. The van der Waals surface area contributed by atoms with E-state index in [0.29, 0.717) is 23.8 Å². The summed E-state index contributed by atoms with van der Waals surface area (Å²) in [6.07, 6.45) is 5.63. The molecule has 7 heteroatoms. The van der Waals surface area contributed by atoms with Crippen LogP contribution >= 0.6 is 22.9 Å². The van der Waals surface area contributed by atoms with Gasteiger partial charge in [-0.1, -0.05) is 18.5 Å². The van der Waals surface area contributed by atoms with Gasteiger partial charge in [-0.05, 0) is 18.4 Å². The number of thiazole rings is 1. The Morgan fingerprint density at radius 1 is 1.70 bits per heavy atom. The molecule has 2 aromatic heterocycles. The molecule has 0 spiro atoms. The highest BCUT2D eigenvalue weighted by Crippen LogP contribution is 2.22. The molecule has 0 aliphatic rings. The summed E-state index contributed by atoms with van der Waals surface area (Å²) in [5.74, 6) is 0.0653. The minimum Gasteiger partial charge on any atom is -0.396 e. The molecule has 2 aromatic rings. The predicted octanol–water partition coefficient (Wildman–Crippen LogP) is 2.20. The topological polar surface area (TPSA) is 66.6 Å². The molecule has 1 amide bonds. The lowest BCUT2D eigenvalue weighted by atomic mass is 10.1. The molecule has 0 radical (unpaired) electrons. The molecule has 0 aromatic carbocycles. The van der Waals surface area contributed by atoms with Crippen molar-refractivity contribution in [2.24, 2.45) is 5.92 Å². The summed E-state index contributed by atoms with van der Waals surface area (Å²) in [4.78, 5) is 16.7. The lowest BCUT2D eigenvalue weighted by Crippen LogP contribution is -2.26. The molecule has 2 rings (SSSR count). The van der Waals surface area contributed by atoms with Gasteiger partial charge in [0.15, 0.2) is 10.1 Å². The molecule has 20 heavy (non-hydrogen) atoms. The normalized spacial score (nSPS) is 13.2. The molecule has 1 unspecified atom stereocenters. The largest absolute Gasteiger partial charge is 0.396 e. The quantitative estimate of drug-likeness (QED) is 0.803. The second-order valence-electron chi connectivity index (χ2n) is 4.54. The number of nitrogens with one attached hydrogen (secondary N) is 1. The van der Waals surface area contributed by atoms with E-state index in [1.54, 1.807) is 6.08 Å². The molecule has 0 aliphatic carbocycles. The van der Waals surface area contributed by atoms with Crippen molar-refractivity contribution in [3.63, 3.8) is 0 Å². The number of carbonyl (C=O) groups is 1. The van der Waals surface area contributed by atoms with Gasteiger partial charge in [0.25, 0.3) is 0 Å². The summed E-state index contributed by atoms with van der Waals surface area (Å²) in [5.41, 5.74) is 0.696. The first kappa shape index (κ1) is 15.0. The van der Waals surface area contributed by atoms with Crippen LogP contribution in [0, 0.1) is 5.92 Å². The Morgan fingerprint density at radius 2 is 2.50 bits per heavy atom. The van der Waals surface area contributed by atoms with Crippen molar-refractivity contribution in [2.45, 2.75) is 13.3 Å². The number of hydrogen-bond acceptors (Lipinski definition) is 4. The number of amides is 1. The van der Waals surface area contributed by atoms with E-state index in [2.05, 4.69) is 10.3 Å². The Balaban J connectivity index is 1.97. The van der Waals surface area contributed by atoms with Gasteiger partial charge in [0.05, 0.1) is 5.69 Å². The van der Waals surface area contributed by atoms with Crippen LogP contribution in [0.4, 0.5) is 0 Å². The second kappa shape index (κ2) is 6.88. The maximum atomic E-state index is 11.7. The third-order valence-electron chi connectivity index (χ3n) is 2.89. The molecule has 5 nitrogen and oxygen atoms in total. The Labute approximate surface area is 125 Å². The minimum absolute atomic E-state index is 0.133. The van der Waals surface area contributed by atoms with E-state index in [9.17, 15) is 4.79 Å². The van der Waals surface area contributed by atoms with Gasteiger partial charge in [-0.3, -0.25) is 9.20 Å². The molecular weight excluding hydrogens is 298 g/mol. The minimum atomic E-state index is -0.184. The van der Waals surface area contributed by atoms with Crippen LogP contribution < -0.4 is 5.32 Å². The van der Waals surface area contributed by atoms with Crippen molar-refractivity contribution in [1.29, 1.82) is 0 Å². The number of nitrogens with zero attached hydrogens (tertiary/aromatic N) is 2. The highest BCUT2D eigenvalue weighted by Gasteiger charge is 2.09. The molecule has 0 saturated carbocycles. The predicted molar refractivity (Wildman–Crippen MR) is 81.0 cm³/mol. The maximum Gasteiger partial charge on any atom is 0.244 e. The second-order valence-corrected chi connectivity index (χ2v) is 5.77. The van der Waals surface area contributed by atoms with Gasteiger partial charge in [-0.25, -0.2) is 4.98 Å². The van der Waals surface area contributed by atoms with Crippen molar-refractivity contribution in [1.82, 2.24) is 14.7 Å². The van der Waals surface area contributed by atoms with E-state index >= 15 is 0 Å². The van der Waals surface area contributed by atoms with Gasteiger partial charge in [-0.2, -0.15) is 0 Å². The summed E-state index contributed by atoms with van der Waals surface area (Å²) in [6.45, 7) is 2.65. The fourth-order valence-electron chi connectivity index (χ4n) is 1.74. The summed E-state index contributed by atoms with van der Waals surface area (Å²) in [6, 6.07) is 0. The fourth-order valence-corrected chi connectivity index (χ4v) is 2.74. The number of carbonyl (C=O) groups excluding carboxylic acids is 1. The van der Waals surface area contributed by atoms with Crippen LogP contribution in [0.3, 0.4) is 0 Å². The number of aliphatic hydroxyl groups excluding tert-OH is 1. The van der Waals surface area contributed by atoms with E-state index in [1.807, 2.05) is 22.9 Å².